The maximum atomic E-state index is 11.1. The van der Waals surface area contributed by atoms with Crippen molar-refractivity contribution in [2.24, 2.45) is 0 Å². The third-order valence-electron chi connectivity index (χ3n) is 4.78. The van der Waals surface area contributed by atoms with Crippen molar-refractivity contribution < 1.29 is 9.52 Å². The number of aliphatic hydroxyl groups is 1. The summed E-state index contributed by atoms with van der Waals surface area (Å²) in [6, 6.07) is 8.69. The molecule has 0 bridgehead atoms. The van der Waals surface area contributed by atoms with E-state index in [0.717, 1.165) is 54.6 Å². The molecule has 0 aliphatic carbocycles. The summed E-state index contributed by atoms with van der Waals surface area (Å²) in [5, 5.41) is 12.2. The second-order valence-electron chi connectivity index (χ2n) is 6.62. The minimum Gasteiger partial charge on any atom is -0.458 e. The normalized spacial score (nSPS) is 24.6. The number of fused-ring (bicyclic) bond motifs is 1. The molecule has 3 nitrogen and oxygen atoms in total. The van der Waals surface area contributed by atoms with E-state index in [-0.39, 0.29) is 0 Å². The number of nitrogens with zero attached hydrogens (tertiary/aromatic N) is 1. The van der Waals surface area contributed by atoms with Crippen LogP contribution in [0.25, 0.3) is 11.0 Å². The van der Waals surface area contributed by atoms with E-state index in [1.54, 1.807) is 0 Å². The SMILES string of the molecule is Cc1cccc2cc(C3(O)CCCN(C(C)C)CC3)oc12. The van der Waals surface area contributed by atoms with Crippen LogP contribution in [0.3, 0.4) is 0 Å². The van der Waals surface area contributed by atoms with Crippen LogP contribution in [0.15, 0.2) is 28.7 Å². The summed E-state index contributed by atoms with van der Waals surface area (Å²) in [6.07, 6.45) is 2.52. The Morgan fingerprint density at radius 2 is 2.05 bits per heavy atom. The lowest BCUT2D eigenvalue weighted by atomic mass is 9.92. The highest BCUT2D eigenvalue weighted by molar-refractivity contribution is 5.81. The van der Waals surface area contributed by atoms with Gasteiger partial charge in [-0.15, -0.1) is 0 Å². The molecule has 1 aliphatic rings. The number of likely N-dealkylation sites (tertiary alicyclic amines) is 1. The van der Waals surface area contributed by atoms with Gasteiger partial charge in [0.15, 0.2) is 0 Å². The number of aryl methyl sites for hydroxylation is 1. The van der Waals surface area contributed by atoms with E-state index in [1.165, 1.54) is 0 Å². The van der Waals surface area contributed by atoms with E-state index in [2.05, 4.69) is 24.8 Å². The zero-order valence-corrected chi connectivity index (χ0v) is 13.2. The second kappa shape index (κ2) is 5.47. The summed E-state index contributed by atoms with van der Waals surface area (Å²) >= 11 is 0. The molecule has 0 radical (unpaired) electrons. The Kier molecular flexibility index (Phi) is 3.80. The molecular formula is C18H25NO2. The van der Waals surface area contributed by atoms with E-state index in [4.69, 9.17) is 4.42 Å². The van der Waals surface area contributed by atoms with Crippen LogP contribution in [0.5, 0.6) is 0 Å². The molecule has 0 amide bonds. The van der Waals surface area contributed by atoms with Crippen molar-refractivity contribution in [2.45, 2.75) is 51.7 Å². The van der Waals surface area contributed by atoms with Gasteiger partial charge in [-0.1, -0.05) is 18.2 Å². The van der Waals surface area contributed by atoms with Crippen molar-refractivity contribution in [1.29, 1.82) is 0 Å². The number of para-hydroxylation sites is 1. The highest BCUT2D eigenvalue weighted by Gasteiger charge is 2.35. The molecule has 3 heteroatoms. The van der Waals surface area contributed by atoms with Crippen molar-refractivity contribution in [3.05, 3.63) is 35.6 Å². The first-order valence-electron chi connectivity index (χ1n) is 7.96. The average Bonchev–Trinajstić information content (AvgIpc) is 2.78. The summed E-state index contributed by atoms with van der Waals surface area (Å²) in [4.78, 5) is 2.44. The second-order valence-corrected chi connectivity index (χ2v) is 6.62. The average molecular weight is 287 g/mol. The van der Waals surface area contributed by atoms with Gasteiger partial charge >= 0.3 is 0 Å². The van der Waals surface area contributed by atoms with Crippen molar-refractivity contribution in [3.63, 3.8) is 0 Å². The third kappa shape index (κ3) is 2.72. The van der Waals surface area contributed by atoms with E-state index >= 15 is 0 Å². The van der Waals surface area contributed by atoms with E-state index in [9.17, 15) is 5.11 Å². The molecule has 1 aromatic carbocycles. The molecule has 0 spiro atoms. The highest BCUT2D eigenvalue weighted by atomic mass is 16.4. The highest BCUT2D eigenvalue weighted by Crippen LogP contribution is 2.37. The van der Waals surface area contributed by atoms with Crippen molar-refractivity contribution in [1.82, 2.24) is 4.90 Å². The fourth-order valence-corrected chi connectivity index (χ4v) is 3.34. The minimum absolute atomic E-state index is 0.533. The molecule has 1 atom stereocenters. The van der Waals surface area contributed by atoms with Crippen LogP contribution in [0.4, 0.5) is 0 Å². The van der Waals surface area contributed by atoms with Gasteiger partial charge in [-0.25, -0.2) is 0 Å². The topological polar surface area (TPSA) is 36.6 Å². The number of hydrogen-bond donors (Lipinski definition) is 1. The standard InChI is InChI=1S/C18H25NO2/c1-13(2)19-10-5-8-18(20,9-11-19)16-12-15-7-4-6-14(3)17(15)21-16/h4,6-7,12-13,20H,5,8-11H2,1-3H3. The molecular weight excluding hydrogens is 262 g/mol. The van der Waals surface area contributed by atoms with Gasteiger partial charge < -0.3 is 14.4 Å². The number of furan rings is 1. The van der Waals surface area contributed by atoms with Crippen LogP contribution >= 0.6 is 0 Å². The Balaban J connectivity index is 1.91. The van der Waals surface area contributed by atoms with E-state index in [1.807, 2.05) is 25.1 Å². The zero-order valence-electron chi connectivity index (χ0n) is 13.2. The minimum atomic E-state index is -0.824. The molecule has 2 aromatic rings. The van der Waals surface area contributed by atoms with Gasteiger partial charge in [0.25, 0.3) is 0 Å². The lowest BCUT2D eigenvalue weighted by Gasteiger charge is -2.26. The van der Waals surface area contributed by atoms with Gasteiger partial charge in [0.1, 0.15) is 16.9 Å². The Morgan fingerprint density at radius 3 is 2.76 bits per heavy atom. The molecule has 1 unspecified atom stereocenters. The van der Waals surface area contributed by atoms with Crippen LogP contribution in [-0.4, -0.2) is 29.1 Å². The van der Waals surface area contributed by atoms with Gasteiger partial charge in [0.05, 0.1) is 0 Å². The fourth-order valence-electron chi connectivity index (χ4n) is 3.34. The molecule has 21 heavy (non-hydrogen) atoms. The molecule has 1 N–H and O–H groups in total. The largest absolute Gasteiger partial charge is 0.458 e. The number of rotatable bonds is 2. The van der Waals surface area contributed by atoms with Gasteiger partial charge in [-0.05, 0) is 58.2 Å². The number of hydrogen-bond acceptors (Lipinski definition) is 3. The van der Waals surface area contributed by atoms with Crippen molar-refractivity contribution in [2.75, 3.05) is 13.1 Å². The van der Waals surface area contributed by atoms with Crippen molar-refractivity contribution in [3.8, 4) is 0 Å². The van der Waals surface area contributed by atoms with Gasteiger partial charge in [0, 0.05) is 18.0 Å². The quantitative estimate of drug-likeness (QED) is 0.912. The molecule has 1 aromatic heterocycles. The Bertz CT molecular complexity index is 631. The first-order valence-corrected chi connectivity index (χ1v) is 7.96. The summed E-state index contributed by atoms with van der Waals surface area (Å²) in [5.41, 5.74) is 1.21. The molecule has 1 saturated heterocycles. The molecule has 1 fully saturated rings. The lowest BCUT2D eigenvalue weighted by Crippen LogP contribution is -2.33. The first-order chi connectivity index (χ1) is 9.99. The van der Waals surface area contributed by atoms with Crippen molar-refractivity contribution >= 4 is 11.0 Å². The summed E-state index contributed by atoms with van der Waals surface area (Å²) in [6.45, 7) is 8.46. The molecule has 1 aliphatic heterocycles. The van der Waals surface area contributed by atoms with Crippen LogP contribution in [0, 0.1) is 6.92 Å². The van der Waals surface area contributed by atoms with Crippen LogP contribution in [0.2, 0.25) is 0 Å². The van der Waals surface area contributed by atoms with Gasteiger partial charge in [-0.2, -0.15) is 0 Å². The summed E-state index contributed by atoms with van der Waals surface area (Å²) in [5.74, 6) is 0.734. The molecule has 2 heterocycles. The van der Waals surface area contributed by atoms with Crippen LogP contribution in [0.1, 0.15) is 44.4 Å². The Labute approximate surface area is 126 Å². The lowest BCUT2D eigenvalue weighted by molar-refractivity contribution is 0.00109. The third-order valence-corrected chi connectivity index (χ3v) is 4.78. The number of benzene rings is 1. The fraction of sp³-hybridized carbons (Fsp3) is 0.556. The predicted molar refractivity (Wildman–Crippen MR) is 85.4 cm³/mol. The maximum Gasteiger partial charge on any atom is 0.137 e. The molecule has 0 saturated carbocycles. The maximum absolute atomic E-state index is 11.1. The predicted octanol–water partition coefficient (Wildman–Crippen LogP) is 3.82. The van der Waals surface area contributed by atoms with E-state index < -0.39 is 5.60 Å². The summed E-state index contributed by atoms with van der Waals surface area (Å²) in [7, 11) is 0. The summed E-state index contributed by atoms with van der Waals surface area (Å²) < 4.78 is 6.02. The molecule has 3 rings (SSSR count). The van der Waals surface area contributed by atoms with Gasteiger partial charge in [0.2, 0.25) is 0 Å². The van der Waals surface area contributed by atoms with E-state index in [0.29, 0.717) is 6.04 Å². The Morgan fingerprint density at radius 1 is 1.24 bits per heavy atom. The molecule has 114 valence electrons. The smallest absolute Gasteiger partial charge is 0.137 e. The Hall–Kier alpha value is -1.32. The van der Waals surface area contributed by atoms with Crippen LogP contribution < -0.4 is 0 Å². The van der Waals surface area contributed by atoms with Crippen LogP contribution in [-0.2, 0) is 5.60 Å². The monoisotopic (exact) mass is 287 g/mol. The first kappa shape index (κ1) is 14.6. The zero-order chi connectivity index (χ0) is 15.0. The van der Waals surface area contributed by atoms with Gasteiger partial charge in [-0.3, -0.25) is 0 Å².